The van der Waals surface area contributed by atoms with Crippen molar-refractivity contribution >= 4 is 39.8 Å². The Kier molecular flexibility index (Phi) is 7.80. The Balaban J connectivity index is 1.58. The highest BCUT2D eigenvalue weighted by Crippen LogP contribution is 2.36. The number of nitrogens with one attached hydrogen (secondary N) is 1. The average Bonchev–Trinajstić information content (AvgIpc) is 3.34. The monoisotopic (exact) mass is 605 g/mol. The molecule has 222 valence electrons. The fourth-order valence-corrected chi connectivity index (χ4v) is 6.61. The fourth-order valence-electron chi connectivity index (χ4n) is 5.59. The number of fused-ring (bicyclic) bond motifs is 2. The number of aryl methyl sites for hydroxylation is 1. The van der Waals surface area contributed by atoms with Crippen LogP contribution in [0.5, 0.6) is 17.2 Å². The Morgan fingerprint density at radius 3 is 2.34 bits per heavy atom. The molecule has 2 heterocycles. The van der Waals surface area contributed by atoms with Crippen molar-refractivity contribution in [1.82, 2.24) is 4.57 Å². The van der Waals surface area contributed by atoms with E-state index in [1.807, 2.05) is 79.7 Å². The van der Waals surface area contributed by atoms with Gasteiger partial charge in [0.1, 0.15) is 5.75 Å². The molecule has 6 rings (SSSR count). The van der Waals surface area contributed by atoms with Crippen molar-refractivity contribution in [3.8, 4) is 17.2 Å². The van der Waals surface area contributed by atoms with Crippen LogP contribution in [-0.4, -0.2) is 31.8 Å². The summed E-state index contributed by atoms with van der Waals surface area (Å²) < 4.78 is 18.8. The molecule has 0 aliphatic carbocycles. The first-order chi connectivity index (χ1) is 21.3. The van der Waals surface area contributed by atoms with Crippen LogP contribution in [0.3, 0.4) is 0 Å². The normalized spacial score (nSPS) is 14.7. The summed E-state index contributed by atoms with van der Waals surface area (Å²) in [5.41, 5.74) is 3.70. The van der Waals surface area contributed by atoms with E-state index in [1.165, 1.54) is 11.3 Å². The summed E-state index contributed by atoms with van der Waals surface area (Å²) in [6.45, 7) is 3.73. The molecule has 1 N–H and O–H groups in total. The first-order valence-electron chi connectivity index (χ1n) is 14.0. The van der Waals surface area contributed by atoms with Crippen molar-refractivity contribution in [1.29, 1.82) is 0 Å². The number of rotatable bonds is 7. The molecule has 9 heteroatoms. The van der Waals surface area contributed by atoms with E-state index in [9.17, 15) is 9.59 Å². The number of aromatic nitrogens is 1. The van der Waals surface area contributed by atoms with Crippen LogP contribution in [0.2, 0.25) is 0 Å². The third-order valence-electron chi connectivity index (χ3n) is 7.81. The van der Waals surface area contributed by atoms with Crippen molar-refractivity contribution in [2.24, 2.45) is 4.99 Å². The van der Waals surface area contributed by atoms with E-state index < -0.39 is 6.04 Å². The van der Waals surface area contributed by atoms with Crippen molar-refractivity contribution in [3.63, 3.8) is 0 Å². The number of methoxy groups -OCH3 is 3. The molecule has 1 amide bonds. The number of ether oxygens (including phenoxy) is 3. The molecule has 0 bridgehead atoms. The SMILES string of the molecule is COc1ccc(C2C(C(=O)Nc3ccccc3C)=C(C)N=c3s/c(=C\c4c(OC)ccc5ccccc45)c(=O)n32)cc1OC. The first-order valence-corrected chi connectivity index (χ1v) is 14.8. The summed E-state index contributed by atoms with van der Waals surface area (Å²) in [6.07, 6.45) is 1.85. The zero-order valence-electron chi connectivity index (χ0n) is 25.0. The minimum Gasteiger partial charge on any atom is -0.496 e. The Hall–Kier alpha value is -5.15. The predicted molar refractivity (Wildman–Crippen MR) is 174 cm³/mol. The maximum absolute atomic E-state index is 14.3. The summed E-state index contributed by atoms with van der Waals surface area (Å²) in [5.74, 6) is 1.34. The van der Waals surface area contributed by atoms with Crippen molar-refractivity contribution in [3.05, 3.63) is 127 Å². The third-order valence-corrected chi connectivity index (χ3v) is 8.79. The van der Waals surface area contributed by atoms with Crippen molar-refractivity contribution < 1.29 is 19.0 Å². The van der Waals surface area contributed by atoms with E-state index in [4.69, 9.17) is 19.2 Å². The highest BCUT2D eigenvalue weighted by Gasteiger charge is 2.33. The van der Waals surface area contributed by atoms with Gasteiger partial charge in [-0.15, -0.1) is 0 Å². The molecule has 0 fully saturated rings. The maximum atomic E-state index is 14.3. The summed E-state index contributed by atoms with van der Waals surface area (Å²) in [4.78, 5) is 33.6. The number of hydrogen-bond acceptors (Lipinski definition) is 7. The Morgan fingerprint density at radius 1 is 0.886 bits per heavy atom. The molecule has 1 aromatic heterocycles. The van der Waals surface area contributed by atoms with Gasteiger partial charge in [-0.05, 0) is 66.1 Å². The van der Waals surface area contributed by atoms with E-state index in [2.05, 4.69) is 5.32 Å². The molecule has 5 aromatic rings. The van der Waals surface area contributed by atoms with Crippen LogP contribution < -0.4 is 34.4 Å². The number of carbonyl (C=O) groups is 1. The summed E-state index contributed by atoms with van der Waals surface area (Å²) >= 11 is 1.28. The molecule has 0 saturated carbocycles. The number of hydrogen-bond donors (Lipinski definition) is 1. The zero-order chi connectivity index (χ0) is 31.0. The minimum absolute atomic E-state index is 0.266. The van der Waals surface area contributed by atoms with E-state index in [0.717, 1.165) is 21.9 Å². The van der Waals surface area contributed by atoms with Gasteiger partial charge in [-0.25, -0.2) is 4.99 Å². The Labute approximate surface area is 258 Å². The minimum atomic E-state index is -0.772. The van der Waals surface area contributed by atoms with Gasteiger partial charge < -0.3 is 19.5 Å². The average molecular weight is 606 g/mol. The second kappa shape index (κ2) is 11.9. The highest BCUT2D eigenvalue weighted by atomic mass is 32.1. The lowest BCUT2D eigenvalue weighted by Gasteiger charge is -2.26. The molecule has 0 saturated heterocycles. The van der Waals surface area contributed by atoms with Gasteiger partial charge in [-0.2, -0.15) is 0 Å². The van der Waals surface area contributed by atoms with E-state index in [1.54, 1.807) is 45.0 Å². The molecular formula is C35H31N3O5S. The van der Waals surface area contributed by atoms with Crippen LogP contribution in [0.25, 0.3) is 16.8 Å². The number of amides is 1. The van der Waals surface area contributed by atoms with Crippen LogP contribution in [0, 0.1) is 6.92 Å². The number of carbonyl (C=O) groups excluding carboxylic acids is 1. The molecule has 0 radical (unpaired) electrons. The summed E-state index contributed by atoms with van der Waals surface area (Å²) in [7, 11) is 4.73. The lowest BCUT2D eigenvalue weighted by atomic mass is 9.94. The van der Waals surface area contributed by atoms with Gasteiger partial charge in [0.2, 0.25) is 0 Å². The Morgan fingerprint density at radius 2 is 1.59 bits per heavy atom. The quantitative estimate of drug-likeness (QED) is 0.270. The number of anilines is 1. The Bertz CT molecular complexity index is 2140. The van der Waals surface area contributed by atoms with Gasteiger partial charge in [0, 0.05) is 11.3 Å². The van der Waals surface area contributed by atoms with Gasteiger partial charge >= 0.3 is 0 Å². The van der Waals surface area contributed by atoms with E-state index in [-0.39, 0.29) is 11.5 Å². The van der Waals surface area contributed by atoms with Crippen LogP contribution >= 0.6 is 11.3 Å². The third kappa shape index (κ3) is 5.05. The molecule has 1 aliphatic rings. The second-order valence-electron chi connectivity index (χ2n) is 10.4. The molecule has 8 nitrogen and oxygen atoms in total. The fraction of sp³-hybridized carbons (Fsp3) is 0.171. The van der Waals surface area contributed by atoms with Crippen LogP contribution in [0.4, 0.5) is 5.69 Å². The molecule has 4 aromatic carbocycles. The highest BCUT2D eigenvalue weighted by molar-refractivity contribution is 7.07. The van der Waals surface area contributed by atoms with Gasteiger partial charge in [-0.1, -0.05) is 65.9 Å². The van der Waals surface area contributed by atoms with Crippen LogP contribution in [-0.2, 0) is 4.79 Å². The standard InChI is InChI=1S/C35H31N3O5S/c1-20-10-6-9-13-26(20)37-33(39)31-21(2)36-35-38(32(31)23-15-17-28(42-4)29(18-23)43-5)34(40)30(44-35)19-25-24-12-8-7-11-22(24)14-16-27(25)41-3/h6-19,32H,1-5H3,(H,37,39)/b30-19-. The largest absolute Gasteiger partial charge is 0.496 e. The smallest absolute Gasteiger partial charge is 0.271 e. The number of para-hydroxylation sites is 1. The van der Waals surface area contributed by atoms with Gasteiger partial charge in [0.25, 0.3) is 11.5 Å². The summed E-state index contributed by atoms with van der Waals surface area (Å²) in [5, 5.41) is 5.04. The predicted octanol–water partition coefficient (Wildman–Crippen LogP) is 5.36. The summed E-state index contributed by atoms with van der Waals surface area (Å²) in [6, 6.07) is 24.1. The van der Waals surface area contributed by atoms with Gasteiger partial charge in [-0.3, -0.25) is 14.2 Å². The topological polar surface area (TPSA) is 91.2 Å². The number of thiazole rings is 1. The number of nitrogens with zero attached hydrogens (tertiary/aromatic N) is 2. The van der Waals surface area contributed by atoms with E-state index in [0.29, 0.717) is 49.1 Å². The second-order valence-corrected chi connectivity index (χ2v) is 11.4. The lowest BCUT2D eigenvalue weighted by molar-refractivity contribution is -0.113. The maximum Gasteiger partial charge on any atom is 0.271 e. The van der Waals surface area contributed by atoms with Gasteiger partial charge in [0.15, 0.2) is 16.3 Å². The molecule has 1 unspecified atom stereocenters. The molecular weight excluding hydrogens is 574 g/mol. The number of allylic oxidation sites excluding steroid dienone is 1. The molecule has 44 heavy (non-hydrogen) atoms. The van der Waals surface area contributed by atoms with Gasteiger partial charge in [0.05, 0.1) is 43.2 Å². The molecule has 1 atom stereocenters. The van der Waals surface area contributed by atoms with Crippen molar-refractivity contribution in [2.75, 3.05) is 26.6 Å². The number of benzene rings is 4. The zero-order valence-corrected chi connectivity index (χ0v) is 25.8. The molecule has 1 aliphatic heterocycles. The molecule has 0 spiro atoms. The van der Waals surface area contributed by atoms with E-state index >= 15 is 0 Å². The van der Waals surface area contributed by atoms with Crippen LogP contribution in [0.15, 0.2) is 99.9 Å². The van der Waals surface area contributed by atoms with Crippen molar-refractivity contribution in [2.45, 2.75) is 19.9 Å². The van der Waals surface area contributed by atoms with Crippen LogP contribution in [0.1, 0.15) is 29.7 Å². The first kappa shape index (κ1) is 28.9. The lowest BCUT2D eigenvalue weighted by Crippen LogP contribution is -2.40.